The molecule has 1 N–H and O–H groups in total. The molecule has 5 heteroatoms. The van der Waals surface area contributed by atoms with E-state index >= 15 is 0 Å². The molecule has 1 aromatic heterocycles. The highest BCUT2D eigenvalue weighted by molar-refractivity contribution is 5.87. The van der Waals surface area contributed by atoms with Crippen LogP contribution < -0.4 is 0 Å². The number of hydrogen-bond donors (Lipinski definition) is 1. The Morgan fingerprint density at radius 2 is 2.05 bits per heavy atom. The fourth-order valence-electron chi connectivity index (χ4n) is 1.98. The number of halogens is 2. The van der Waals surface area contributed by atoms with Crippen LogP contribution >= 0.6 is 24.8 Å². The van der Waals surface area contributed by atoms with Crippen LogP contribution in [0.3, 0.4) is 0 Å². The van der Waals surface area contributed by atoms with Gasteiger partial charge < -0.3 is 5.11 Å². The third-order valence-electron chi connectivity index (χ3n) is 2.96. The van der Waals surface area contributed by atoms with Crippen LogP contribution in [0.4, 0.5) is 0 Å². The molecule has 0 saturated heterocycles. The van der Waals surface area contributed by atoms with Gasteiger partial charge in [0, 0.05) is 18.1 Å². The monoisotopic (exact) mass is 312 g/mol. The van der Waals surface area contributed by atoms with E-state index in [1.807, 2.05) is 25.2 Å². The first-order valence-corrected chi connectivity index (χ1v) is 5.90. The Morgan fingerprint density at radius 3 is 2.75 bits per heavy atom. The number of likely N-dealkylation sites (N-methyl/N-ethyl adjacent to an activating group) is 1. The average molecular weight is 313 g/mol. The Kier molecular flexibility index (Phi) is 8.02. The van der Waals surface area contributed by atoms with Gasteiger partial charge in [-0.15, -0.1) is 31.2 Å². The van der Waals surface area contributed by atoms with Gasteiger partial charge in [-0.25, -0.2) is 0 Å². The smallest absolute Gasteiger partial charge is 0.141 e. The van der Waals surface area contributed by atoms with Gasteiger partial charge in [0.25, 0.3) is 0 Å². The second kappa shape index (κ2) is 8.65. The van der Waals surface area contributed by atoms with Crippen molar-refractivity contribution in [2.24, 2.45) is 0 Å². The van der Waals surface area contributed by atoms with E-state index in [1.165, 1.54) is 5.56 Å². The quantitative estimate of drug-likeness (QED) is 0.882. The second-order valence-electron chi connectivity index (χ2n) is 4.34. The first-order valence-electron chi connectivity index (χ1n) is 5.90. The first-order chi connectivity index (χ1) is 8.72. The third-order valence-corrected chi connectivity index (χ3v) is 2.96. The molecular formula is C15H18Cl2N2O. The lowest BCUT2D eigenvalue weighted by Crippen LogP contribution is -2.21. The number of fused-ring (bicyclic) bond motifs is 1. The van der Waals surface area contributed by atoms with Crippen LogP contribution in [0, 0.1) is 12.3 Å². The molecule has 108 valence electrons. The molecule has 0 aliphatic carbocycles. The lowest BCUT2D eigenvalue weighted by atomic mass is 10.0. The number of phenolic OH excluding ortho intramolecular Hbond substituents is 1. The van der Waals surface area contributed by atoms with E-state index in [0.717, 1.165) is 18.4 Å². The van der Waals surface area contributed by atoms with Gasteiger partial charge in [-0.05, 0) is 31.2 Å². The number of benzene rings is 1. The molecule has 0 radical (unpaired) electrons. The Hall–Kier alpha value is -1.47. The van der Waals surface area contributed by atoms with Crippen LogP contribution in [0.15, 0.2) is 30.5 Å². The molecule has 0 bridgehead atoms. The molecule has 0 amide bonds. The van der Waals surface area contributed by atoms with Gasteiger partial charge in [-0.3, -0.25) is 9.88 Å². The highest BCUT2D eigenvalue weighted by atomic mass is 35.5. The van der Waals surface area contributed by atoms with Gasteiger partial charge in [0.15, 0.2) is 0 Å². The van der Waals surface area contributed by atoms with E-state index in [9.17, 15) is 5.11 Å². The van der Waals surface area contributed by atoms with Gasteiger partial charge in [0.05, 0.1) is 6.54 Å². The number of terminal acetylenes is 1. The summed E-state index contributed by atoms with van der Waals surface area (Å²) >= 11 is 0. The molecule has 20 heavy (non-hydrogen) atoms. The fraction of sp³-hybridized carbons (Fsp3) is 0.267. The molecule has 1 aromatic carbocycles. The summed E-state index contributed by atoms with van der Waals surface area (Å²) in [6, 6.07) is 7.52. The summed E-state index contributed by atoms with van der Waals surface area (Å²) in [7, 11) is 2.00. The number of phenols is 1. The molecule has 0 fully saturated rings. The molecule has 0 unspecified atom stereocenters. The molecule has 0 saturated carbocycles. The van der Waals surface area contributed by atoms with Crippen LogP contribution in [-0.4, -0.2) is 35.1 Å². The SMILES string of the molecule is C#CCN(C)CCc1ccc(O)c2ncccc12.Cl.Cl. The van der Waals surface area contributed by atoms with E-state index in [0.29, 0.717) is 12.1 Å². The Morgan fingerprint density at radius 1 is 1.30 bits per heavy atom. The van der Waals surface area contributed by atoms with Crippen molar-refractivity contribution < 1.29 is 5.11 Å². The van der Waals surface area contributed by atoms with E-state index in [-0.39, 0.29) is 30.6 Å². The molecule has 1 heterocycles. The maximum Gasteiger partial charge on any atom is 0.141 e. The maximum absolute atomic E-state index is 9.76. The minimum atomic E-state index is 0. The zero-order valence-electron chi connectivity index (χ0n) is 11.2. The number of pyridine rings is 1. The fourth-order valence-corrected chi connectivity index (χ4v) is 1.98. The average Bonchev–Trinajstić information content (AvgIpc) is 2.39. The van der Waals surface area contributed by atoms with Crippen LogP contribution in [-0.2, 0) is 6.42 Å². The predicted molar refractivity (Wildman–Crippen MR) is 87.9 cm³/mol. The van der Waals surface area contributed by atoms with E-state index in [2.05, 4.69) is 15.8 Å². The zero-order chi connectivity index (χ0) is 13.0. The van der Waals surface area contributed by atoms with Gasteiger partial charge >= 0.3 is 0 Å². The number of rotatable bonds is 4. The molecule has 2 rings (SSSR count). The van der Waals surface area contributed by atoms with Crippen molar-refractivity contribution in [3.63, 3.8) is 0 Å². The first kappa shape index (κ1) is 18.5. The van der Waals surface area contributed by atoms with E-state index < -0.39 is 0 Å². The summed E-state index contributed by atoms with van der Waals surface area (Å²) in [4.78, 5) is 6.30. The van der Waals surface area contributed by atoms with Crippen molar-refractivity contribution in [2.75, 3.05) is 20.1 Å². The number of aromatic nitrogens is 1. The van der Waals surface area contributed by atoms with E-state index in [4.69, 9.17) is 6.42 Å². The molecule has 0 spiro atoms. The van der Waals surface area contributed by atoms with Gasteiger partial charge in [-0.2, -0.15) is 0 Å². The molecular weight excluding hydrogens is 295 g/mol. The molecule has 0 aliphatic rings. The van der Waals surface area contributed by atoms with Crippen LogP contribution in [0.25, 0.3) is 10.9 Å². The number of hydrogen-bond acceptors (Lipinski definition) is 3. The lowest BCUT2D eigenvalue weighted by Gasteiger charge is -2.14. The predicted octanol–water partition coefficient (Wildman–Crippen LogP) is 2.89. The largest absolute Gasteiger partial charge is 0.506 e. The Bertz CT molecular complexity index is 596. The molecule has 0 atom stereocenters. The van der Waals surface area contributed by atoms with Crippen molar-refractivity contribution in [3.8, 4) is 18.1 Å². The standard InChI is InChI=1S/C15H16N2O.2ClH/c1-3-10-17(2)11-8-12-6-7-14(18)15-13(12)5-4-9-16-15;;/h1,4-7,9,18H,8,10-11H2,2H3;2*1H. The Balaban J connectivity index is 0.00000180. The van der Waals surface area contributed by atoms with E-state index in [1.54, 1.807) is 12.3 Å². The molecule has 2 aromatic rings. The summed E-state index contributed by atoms with van der Waals surface area (Å²) in [6.45, 7) is 1.53. The highest BCUT2D eigenvalue weighted by Gasteiger charge is 2.06. The van der Waals surface area contributed by atoms with Crippen molar-refractivity contribution in [1.29, 1.82) is 0 Å². The van der Waals surface area contributed by atoms with Crippen LogP contribution in [0.2, 0.25) is 0 Å². The zero-order valence-corrected chi connectivity index (χ0v) is 12.9. The lowest BCUT2D eigenvalue weighted by molar-refractivity contribution is 0.381. The molecule has 3 nitrogen and oxygen atoms in total. The maximum atomic E-state index is 9.76. The van der Waals surface area contributed by atoms with Crippen LogP contribution in [0.5, 0.6) is 5.75 Å². The highest BCUT2D eigenvalue weighted by Crippen LogP contribution is 2.25. The van der Waals surface area contributed by atoms with Gasteiger partial charge in [-0.1, -0.05) is 18.1 Å². The summed E-state index contributed by atoms with van der Waals surface area (Å²) in [5, 5.41) is 10.8. The van der Waals surface area contributed by atoms with Gasteiger partial charge in [0.1, 0.15) is 11.3 Å². The van der Waals surface area contributed by atoms with Crippen LogP contribution in [0.1, 0.15) is 5.56 Å². The summed E-state index contributed by atoms with van der Waals surface area (Å²) < 4.78 is 0. The number of aromatic hydroxyl groups is 1. The van der Waals surface area contributed by atoms with Crippen molar-refractivity contribution in [2.45, 2.75) is 6.42 Å². The third kappa shape index (κ3) is 4.28. The minimum Gasteiger partial charge on any atom is -0.506 e. The summed E-state index contributed by atoms with van der Waals surface area (Å²) in [5.41, 5.74) is 1.84. The second-order valence-corrected chi connectivity index (χ2v) is 4.34. The van der Waals surface area contributed by atoms with Crippen molar-refractivity contribution in [3.05, 3.63) is 36.0 Å². The van der Waals surface area contributed by atoms with Crippen molar-refractivity contribution >= 4 is 35.7 Å². The van der Waals surface area contributed by atoms with Crippen molar-refractivity contribution in [1.82, 2.24) is 9.88 Å². The Labute approximate surface area is 131 Å². The normalized spacial score (nSPS) is 9.65. The number of nitrogens with zero attached hydrogens (tertiary/aromatic N) is 2. The molecule has 0 aliphatic heterocycles. The van der Waals surface area contributed by atoms with Gasteiger partial charge in [0.2, 0.25) is 0 Å². The minimum absolute atomic E-state index is 0. The summed E-state index contributed by atoms with van der Waals surface area (Å²) in [6.07, 6.45) is 7.85. The topological polar surface area (TPSA) is 36.4 Å². The summed E-state index contributed by atoms with van der Waals surface area (Å²) in [5.74, 6) is 2.85.